The van der Waals surface area contributed by atoms with E-state index in [0.717, 1.165) is 38.9 Å². The van der Waals surface area contributed by atoms with Crippen LogP contribution in [-0.2, 0) is 0 Å². The maximum atomic E-state index is 9.43. The monoisotopic (exact) mass is 182 g/mol. The highest BCUT2D eigenvalue weighted by molar-refractivity contribution is 4.87. The normalized spacial score (nSPS) is 22.5. The van der Waals surface area contributed by atoms with Crippen LogP contribution < -0.4 is 0 Å². The topological polar surface area (TPSA) is 47.3 Å². The second-order valence-electron chi connectivity index (χ2n) is 3.77. The Morgan fingerprint density at radius 2 is 2.15 bits per heavy atom. The van der Waals surface area contributed by atoms with E-state index in [2.05, 4.69) is 11.0 Å². The van der Waals surface area contributed by atoms with E-state index in [9.17, 15) is 5.11 Å². The van der Waals surface area contributed by atoms with E-state index < -0.39 is 0 Å². The van der Waals surface area contributed by atoms with Gasteiger partial charge in [0.15, 0.2) is 0 Å². The molecule has 1 saturated heterocycles. The minimum atomic E-state index is -0.196. The fraction of sp³-hybridized carbons (Fsp3) is 0.900. The summed E-state index contributed by atoms with van der Waals surface area (Å²) in [6, 6.07) is 2.30. The minimum absolute atomic E-state index is 0.196. The summed E-state index contributed by atoms with van der Waals surface area (Å²) >= 11 is 0. The molecular formula is C10H18N2O. The summed E-state index contributed by atoms with van der Waals surface area (Å²) in [5.41, 5.74) is 0. The first-order chi connectivity index (χ1) is 6.26. The van der Waals surface area contributed by atoms with Crippen molar-refractivity contribution in [1.82, 2.24) is 4.90 Å². The number of nitriles is 1. The lowest BCUT2D eigenvalue weighted by Gasteiger charge is -2.30. The molecular weight excluding hydrogens is 164 g/mol. The first-order valence-electron chi connectivity index (χ1n) is 5.06. The van der Waals surface area contributed by atoms with Crippen molar-refractivity contribution in [3.8, 4) is 6.07 Å². The molecule has 1 heterocycles. The van der Waals surface area contributed by atoms with Gasteiger partial charge in [0.1, 0.15) is 0 Å². The van der Waals surface area contributed by atoms with Crippen LogP contribution in [0.3, 0.4) is 0 Å². The molecule has 0 aliphatic carbocycles. The predicted molar refractivity (Wildman–Crippen MR) is 51.1 cm³/mol. The third-order valence-electron chi connectivity index (χ3n) is 2.71. The van der Waals surface area contributed by atoms with Gasteiger partial charge in [-0.15, -0.1) is 0 Å². The number of aliphatic hydroxyl groups is 1. The molecule has 1 N–H and O–H groups in total. The number of piperidine rings is 1. The second-order valence-corrected chi connectivity index (χ2v) is 3.77. The Bertz CT molecular complexity index is 180. The van der Waals surface area contributed by atoms with Crippen molar-refractivity contribution >= 4 is 0 Å². The Kier molecular flexibility index (Phi) is 4.20. The third-order valence-corrected chi connectivity index (χ3v) is 2.71. The molecule has 0 amide bonds. The molecule has 3 nitrogen and oxygen atoms in total. The lowest BCUT2D eigenvalue weighted by molar-refractivity contribution is 0.0926. The van der Waals surface area contributed by atoms with E-state index in [1.807, 2.05) is 6.92 Å². The van der Waals surface area contributed by atoms with Crippen molar-refractivity contribution in [3.05, 3.63) is 0 Å². The molecule has 3 heteroatoms. The lowest BCUT2D eigenvalue weighted by Crippen LogP contribution is -2.38. The molecule has 0 saturated carbocycles. The van der Waals surface area contributed by atoms with Crippen LogP contribution in [0.25, 0.3) is 0 Å². The smallest absolute Gasteiger partial charge is 0.0664 e. The van der Waals surface area contributed by atoms with Crippen LogP contribution in [0.5, 0.6) is 0 Å². The Morgan fingerprint density at radius 3 is 2.62 bits per heavy atom. The molecule has 1 fully saturated rings. The van der Waals surface area contributed by atoms with Gasteiger partial charge in [-0.1, -0.05) is 6.92 Å². The van der Waals surface area contributed by atoms with Gasteiger partial charge in [-0.2, -0.15) is 5.26 Å². The van der Waals surface area contributed by atoms with Gasteiger partial charge >= 0.3 is 0 Å². The van der Waals surface area contributed by atoms with Crippen molar-refractivity contribution in [1.29, 1.82) is 5.26 Å². The van der Waals surface area contributed by atoms with Gasteiger partial charge in [-0.3, -0.25) is 0 Å². The van der Waals surface area contributed by atoms with Gasteiger partial charge in [0.05, 0.1) is 12.2 Å². The Balaban J connectivity index is 2.22. The largest absolute Gasteiger partial charge is 0.392 e. The zero-order chi connectivity index (χ0) is 9.68. The summed E-state index contributed by atoms with van der Waals surface area (Å²) in [6.07, 6.45) is 2.55. The van der Waals surface area contributed by atoms with Crippen LogP contribution in [0.2, 0.25) is 0 Å². The average Bonchev–Trinajstić information content (AvgIpc) is 2.19. The molecule has 13 heavy (non-hydrogen) atoms. The van der Waals surface area contributed by atoms with Gasteiger partial charge in [-0.05, 0) is 32.4 Å². The zero-order valence-electron chi connectivity index (χ0n) is 8.24. The number of hydrogen-bond donors (Lipinski definition) is 1. The average molecular weight is 182 g/mol. The van der Waals surface area contributed by atoms with Crippen LogP contribution in [0.15, 0.2) is 0 Å². The summed E-state index contributed by atoms with van der Waals surface area (Å²) in [5.74, 6) is 0.245. The Labute approximate surface area is 80.0 Å². The van der Waals surface area contributed by atoms with Gasteiger partial charge in [0.25, 0.3) is 0 Å². The zero-order valence-corrected chi connectivity index (χ0v) is 8.24. The van der Waals surface area contributed by atoms with E-state index in [4.69, 9.17) is 5.26 Å². The quantitative estimate of drug-likeness (QED) is 0.708. The number of aliphatic hydroxyl groups excluding tert-OH is 1. The van der Waals surface area contributed by atoms with Crippen LogP contribution >= 0.6 is 0 Å². The highest BCUT2D eigenvalue weighted by atomic mass is 16.3. The van der Waals surface area contributed by atoms with Crippen molar-refractivity contribution in [2.75, 3.05) is 19.6 Å². The van der Waals surface area contributed by atoms with Crippen LogP contribution in [0.1, 0.15) is 26.2 Å². The molecule has 0 radical (unpaired) electrons. The summed E-state index contributed by atoms with van der Waals surface area (Å²) < 4.78 is 0. The first kappa shape index (κ1) is 10.5. The predicted octanol–water partition coefficient (Wildman–Crippen LogP) is 0.993. The molecule has 0 spiro atoms. The fourth-order valence-electron chi connectivity index (χ4n) is 1.67. The summed E-state index contributed by atoms with van der Waals surface area (Å²) in [6.45, 7) is 4.70. The SMILES string of the molecule is CC[C@@H](O)CN1CCC(C#N)CC1. The van der Waals surface area contributed by atoms with E-state index in [-0.39, 0.29) is 12.0 Å². The fourth-order valence-corrected chi connectivity index (χ4v) is 1.67. The molecule has 1 rings (SSSR count). The van der Waals surface area contributed by atoms with Crippen LogP contribution in [-0.4, -0.2) is 35.7 Å². The summed E-state index contributed by atoms with van der Waals surface area (Å²) in [4.78, 5) is 2.25. The van der Waals surface area contributed by atoms with Crippen molar-refractivity contribution in [3.63, 3.8) is 0 Å². The molecule has 1 aliphatic heterocycles. The number of β-amino-alcohol motifs (C(OH)–C–C–N with tert-alkyl or cyclic N) is 1. The Hall–Kier alpha value is -0.590. The standard InChI is InChI=1S/C10H18N2O/c1-2-10(13)8-12-5-3-9(7-11)4-6-12/h9-10,13H,2-6,8H2,1H3/t10-/m1/s1. The van der Waals surface area contributed by atoms with E-state index in [0.29, 0.717) is 0 Å². The highest BCUT2D eigenvalue weighted by Crippen LogP contribution is 2.16. The minimum Gasteiger partial charge on any atom is -0.392 e. The maximum Gasteiger partial charge on any atom is 0.0664 e. The number of likely N-dealkylation sites (tertiary alicyclic amines) is 1. The van der Waals surface area contributed by atoms with Gasteiger partial charge in [0, 0.05) is 12.5 Å². The summed E-state index contributed by atoms with van der Waals surface area (Å²) in [5, 5.41) is 18.1. The van der Waals surface area contributed by atoms with E-state index in [1.54, 1.807) is 0 Å². The van der Waals surface area contributed by atoms with Crippen LogP contribution in [0.4, 0.5) is 0 Å². The number of nitrogens with zero attached hydrogens (tertiary/aromatic N) is 2. The number of hydrogen-bond acceptors (Lipinski definition) is 3. The molecule has 0 aromatic heterocycles. The van der Waals surface area contributed by atoms with Gasteiger partial charge in [0.2, 0.25) is 0 Å². The summed E-state index contributed by atoms with van der Waals surface area (Å²) in [7, 11) is 0. The lowest BCUT2D eigenvalue weighted by atomic mass is 9.98. The van der Waals surface area contributed by atoms with Gasteiger partial charge < -0.3 is 10.0 Å². The van der Waals surface area contributed by atoms with Crippen molar-refractivity contribution in [2.45, 2.75) is 32.3 Å². The second kappa shape index (κ2) is 5.21. The van der Waals surface area contributed by atoms with Crippen LogP contribution in [0, 0.1) is 17.2 Å². The molecule has 0 unspecified atom stereocenters. The Morgan fingerprint density at radius 1 is 1.54 bits per heavy atom. The molecule has 0 aromatic rings. The highest BCUT2D eigenvalue weighted by Gasteiger charge is 2.19. The maximum absolute atomic E-state index is 9.43. The first-order valence-corrected chi connectivity index (χ1v) is 5.06. The molecule has 1 atom stereocenters. The van der Waals surface area contributed by atoms with Crippen molar-refractivity contribution in [2.24, 2.45) is 5.92 Å². The van der Waals surface area contributed by atoms with E-state index >= 15 is 0 Å². The number of rotatable bonds is 3. The third kappa shape index (κ3) is 3.33. The molecule has 0 aromatic carbocycles. The molecule has 74 valence electrons. The van der Waals surface area contributed by atoms with E-state index in [1.165, 1.54) is 0 Å². The van der Waals surface area contributed by atoms with Crippen molar-refractivity contribution < 1.29 is 5.11 Å². The molecule has 0 bridgehead atoms. The molecule has 1 aliphatic rings. The van der Waals surface area contributed by atoms with Gasteiger partial charge in [-0.25, -0.2) is 0 Å².